The molecule has 2 aromatic heterocycles. The third-order valence-electron chi connectivity index (χ3n) is 8.78. The Morgan fingerprint density at radius 3 is 2.09 bits per heavy atom. The number of aryl methyl sites for hydroxylation is 1. The number of methoxy groups -OCH3 is 1. The predicted molar refractivity (Wildman–Crippen MR) is 186 cm³/mol. The van der Waals surface area contributed by atoms with Gasteiger partial charge in [-0.15, -0.1) is 0 Å². The number of ether oxygens (including phenoxy) is 3. The summed E-state index contributed by atoms with van der Waals surface area (Å²) in [6, 6.07) is 32.5. The fraction of sp³-hybridized carbons (Fsp3) is 0.243. The van der Waals surface area contributed by atoms with Gasteiger partial charge in [0.15, 0.2) is 5.11 Å². The Morgan fingerprint density at radius 1 is 0.804 bits per heavy atom. The van der Waals surface area contributed by atoms with E-state index in [4.69, 9.17) is 31.4 Å². The van der Waals surface area contributed by atoms with Crippen LogP contribution in [-0.4, -0.2) is 48.1 Å². The van der Waals surface area contributed by atoms with E-state index in [0.29, 0.717) is 5.11 Å². The van der Waals surface area contributed by atoms with Crippen molar-refractivity contribution in [3.05, 3.63) is 126 Å². The first-order valence-corrected chi connectivity index (χ1v) is 16.0. The fourth-order valence-electron chi connectivity index (χ4n) is 6.52. The molecule has 9 heteroatoms. The van der Waals surface area contributed by atoms with Gasteiger partial charge in [-0.2, -0.15) is 0 Å². The van der Waals surface area contributed by atoms with Crippen molar-refractivity contribution in [2.24, 2.45) is 0 Å². The quantitative estimate of drug-likeness (QED) is 0.179. The summed E-state index contributed by atoms with van der Waals surface area (Å²) in [5.74, 6) is 2.27. The topological polar surface area (TPSA) is 64.0 Å². The zero-order valence-corrected chi connectivity index (χ0v) is 27.0. The maximum atomic E-state index is 6.11. The molecule has 2 aliphatic rings. The molecule has 0 spiro atoms. The van der Waals surface area contributed by atoms with Crippen molar-refractivity contribution < 1.29 is 14.2 Å². The molecule has 2 fully saturated rings. The molecule has 3 aromatic carbocycles. The van der Waals surface area contributed by atoms with Crippen LogP contribution in [0.1, 0.15) is 34.7 Å². The van der Waals surface area contributed by atoms with Crippen molar-refractivity contribution in [2.75, 3.05) is 43.2 Å². The van der Waals surface area contributed by atoms with Crippen molar-refractivity contribution in [2.45, 2.75) is 25.9 Å². The molecule has 0 amide bonds. The number of aromatic nitrogens is 2. The zero-order chi connectivity index (χ0) is 31.6. The Kier molecular flexibility index (Phi) is 8.34. The van der Waals surface area contributed by atoms with Gasteiger partial charge in [0.25, 0.3) is 0 Å². The second-order valence-electron chi connectivity index (χ2n) is 11.5. The maximum absolute atomic E-state index is 6.11. The van der Waals surface area contributed by atoms with Gasteiger partial charge >= 0.3 is 0 Å². The van der Waals surface area contributed by atoms with E-state index in [1.807, 2.05) is 54.7 Å². The van der Waals surface area contributed by atoms with Gasteiger partial charge in [-0.3, -0.25) is 4.98 Å². The molecule has 0 aliphatic carbocycles. The average molecular weight is 632 g/mol. The van der Waals surface area contributed by atoms with Gasteiger partial charge in [0.1, 0.15) is 17.2 Å². The largest absolute Gasteiger partial charge is 0.497 e. The summed E-state index contributed by atoms with van der Waals surface area (Å²) < 4.78 is 19.3. The van der Waals surface area contributed by atoms with E-state index < -0.39 is 0 Å². The van der Waals surface area contributed by atoms with E-state index in [-0.39, 0.29) is 12.1 Å². The van der Waals surface area contributed by atoms with E-state index in [1.165, 1.54) is 16.9 Å². The lowest BCUT2D eigenvalue weighted by atomic mass is 9.96. The summed E-state index contributed by atoms with van der Waals surface area (Å²) in [5.41, 5.74) is 7.79. The molecule has 2 atom stereocenters. The number of nitrogens with zero attached hydrogens (tertiary/aromatic N) is 4. The van der Waals surface area contributed by atoms with Crippen molar-refractivity contribution in [3.8, 4) is 22.9 Å². The monoisotopic (exact) mass is 631 g/mol. The molecular formula is C37H37N5O3S. The minimum Gasteiger partial charge on any atom is -0.497 e. The summed E-state index contributed by atoms with van der Waals surface area (Å²) in [6.07, 6.45) is 1.84. The molecule has 0 unspecified atom stereocenters. The van der Waals surface area contributed by atoms with Gasteiger partial charge in [-0.1, -0.05) is 6.07 Å². The number of anilines is 2. The van der Waals surface area contributed by atoms with E-state index in [0.717, 1.165) is 66.3 Å². The van der Waals surface area contributed by atoms with Crippen LogP contribution in [0.15, 0.2) is 103 Å². The van der Waals surface area contributed by atoms with Crippen LogP contribution in [0.25, 0.3) is 5.69 Å². The van der Waals surface area contributed by atoms with Crippen LogP contribution >= 0.6 is 12.2 Å². The highest BCUT2D eigenvalue weighted by molar-refractivity contribution is 7.80. The van der Waals surface area contributed by atoms with Crippen molar-refractivity contribution in [1.29, 1.82) is 0 Å². The Hall–Kier alpha value is -4.86. The molecule has 4 heterocycles. The first kappa shape index (κ1) is 29.8. The van der Waals surface area contributed by atoms with Gasteiger partial charge in [0.2, 0.25) is 0 Å². The van der Waals surface area contributed by atoms with Crippen LogP contribution in [0, 0.1) is 13.8 Å². The SMILES string of the molecule is COc1ccc(Oc2ccc(N3C(=S)N[C@@H](c4ccccn4)[C@@H]3c3cc(C)n(-c4ccc(N5CCOCC5)cc4)c3C)cc2)cc1. The number of pyridine rings is 1. The molecule has 0 bridgehead atoms. The second-order valence-corrected chi connectivity index (χ2v) is 11.9. The van der Waals surface area contributed by atoms with Crippen LogP contribution in [0.5, 0.6) is 17.2 Å². The number of hydrogen-bond donors (Lipinski definition) is 1. The van der Waals surface area contributed by atoms with Gasteiger partial charge < -0.3 is 33.9 Å². The molecule has 1 N–H and O–H groups in total. The summed E-state index contributed by atoms with van der Waals surface area (Å²) >= 11 is 6.01. The molecule has 0 radical (unpaired) electrons. The second kappa shape index (κ2) is 12.9. The smallest absolute Gasteiger partial charge is 0.174 e. The van der Waals surface area contributed by atoms with Gasteiger partial charge in [0.05, 0.1) is 38.1 Å². The summed E-state index contributed by atoms with van der Waals surface area (Å²) in [4.78, 5) is 9.33. The van der Waals surface area contributed by atoms with Gasteiger partial charge in [0, 0.05) is 47.7 Å². The Bertz CT molecular complexity index is 1800. The number of benzene rings is 3. The van der Waals surface area contributed by atoms with Crippen LogP contribution < -0.4 is 24.6 Å². The third kappa shape index (κ3) is 5.79. The molecule has 234 valence electrons. The zero-order valence-electron chi connectivity index (χ0n) is 26.2. The Labute approximate surface area is 275 Å². The number of thiocarbonyl (C=S) groups is 1. The summed E-state index contributed by atoms with van der Waals surface area (Å²) in [6.45, 7) is 7.73. The molecule has 7 rings (SSSR count). The standard InChI is InChI=1S/C37H37N5O3S/c1-25-24-33(26(2)41(25)28-9-7-27(8-10-28)40-20-22-44-23-21-40)36-35(34-6-4-5-19-38-34)39-37(46)42(36)29-11-13-31(14-12-29)45-32-17-15-30(43-3)16-18-32/h4-19,24,35-36H,20-23H2,1-3H3,(H,39,46)/t35-,36-/m0/s1. The molecule has 5 aromatic rings. The molecule has 8 nitrogen and oxygen atoms in total. The number of rotatable bonds is 8. The van der Waals surface area contributed by atoms with E-state index in [9.17, 15) is 0 Å². The molecule has 2 aliphatic heterocycles. The first-order valence-electron chi connectivity index (χ1n) is 15.5. The average Bonchev–Trinajstić information content (AvgIpc) is 3.60. The first-order chi connectivity index (χ1) is 22.5. The number of morpholine rings is 1. The van der Waals surface area contributed by atoms with Crippen LogP contribution in [0.4, 0.5) is 11.4 Å². The molecule has 0 saturated carbocycles. The number of nitrogens with one attached hydrogen (secondary N) is 1. The van der Waals surface area contributed by atoms with Gasteiger partial charge in [-0.05, 0) is 123 Å². The number of hydrogen-bond acceptors (Lipinski definition) is 6. The van der Waals surface area contributed by atoms with E-state index in [1.54, 1.807) is 7.11 Å². The lowest BCUT2D eigenvalue weighted by Crippen LogP contribution is -2.36. The lowest BCUT2D eigenvalue weighted by Gasteiger charge is -2.29. The predicted octanol–water partition coefficient (Wildman–Crippen LogP) is 7.30. The van der Waals surface area contributed by atoms with Crippen LogP contribution in [-0.2, 0) is 4.74 Å². The normalized spacial score (nSPS) is 18.0. The highest BCUT2D eigenvalue weighted by Gasteiger charge is 2.42. The molecule has 2 saturated heterocycles. The van der Waals surface area contributed by atoms with Crippen LogP contribution in [0.2, 0.25) is 0 Å². The van der Waals surface area contributed by atoms with Crippen molar-refractivity contribution in [3.63, 3.8) is 0 Å². The summed E-state index contributed by atoms with van der Waals surface area (Å²) in [5, 5.41) is 4.26. The van der Waals surface area contributed by atoms with E-state index in [2.05, 4.69) is 82.1 Å². The highest BCUT2D eigenvalue weighted by atomic mass is 32.1. The Balaban J connectivity index is 1.22. The molecule has 46 heavy (non-hydrogen) atoms. The summed E-state index contributed by atoms with van der Waals surface area (Å²) in [7, 11) is 1.65. The molecular weight excluding hydrogens is 595 g/mol. The minimum absolute atomic E-state index is 0.122. The lowest BCUT2D eigenvalue weighted by molar-refractivity contribution is 0.122. The van der Waals surface area contributed by atoms with Crippen molar-refractivity contribution >= 4 is 28.7 Å². The highest BCUT2D eigenvalue weighted by Crippen LogP contribution is 2.44. The van der Waals surface area contributed by atoms with Crippen LogP contribution in [0.3, 0.4) is 0 Å². The fourth-order valence-corrected chi connectivity index (χ4v) is 6.87. The maximum Gasteiger partial charge on any atom is 0.174 e. The Morgan fingerprint density at radius 2 is 1.43 bits per heavy atom. The van der Waals surface area contributed by atoms with Crippen molar-refractivity contribution in [1.82, 2.24) is 14.9 Å². The van der Waals surface area contributed by atoms with E-state index >= 15 is 0 Å². The van der Waals surface area contributed by atoms with Gasteiger partial charge in [-0.25, -0.2) is 0 Å². The minimum atomic E-state index is -0.137. The third-order valence-corrected chi connectivity index (χ3v) is 9.10.